The second-order valence-electron chi connectivity index (χ2n) is 7.84. The third kappa shape index (κ3) is 3.73. The number of aryl methyl sites for hydroxylation is 1. The van der Waals surface area contributed by atoms with Crippen LogP contribution in [0.1, 0.15) is 34.5 Å². The number of rotatable bonds is 7. The normalized spacial score (nSPS) is 14.8. The van der Waals surface area contributed by atoms with Gasteiger partial charge < -0.3 is 5.11 Å². The third-order valence-corrected chi connectivity index (χ3v) is 6.73. The van der Waals surface area contributed by atoms with Crippen LogP contribution in [0, 0.1) is 6.92 Å². The van der Waals surface area contributed by atoms with E-state index in [1.54, 1.807) is 30.9 Å². The molecule has 4 aromatic heterocycles. The standard InChI is InChI=1S/C21H19ClN6O2S/c1-12-27-18-17(21(11-29)2-3-21)14(10-24-20(18)31-12)8-15(30)6-13-7-16(22)19(23-9-13)28-25-4-5-26-28/h4-5,7,9-10,29H,2-3,6,8,11H2,1H3. The van der Waals surface area contributed by atoms with E-state index in [1.165, 1.54) is 16.1 Å². The number of aromatic nitrogens is 6. The molecule has 0 aliphatic heterocycles. The van der Waals surface area contributed by atoms with Crippen LogP contribution >= 0.6 is 22.9 Å². The number of Topliss-reactive ketones (excluding diaryl/α,β-unsaturated/α-hetero) is 1. The summed E-state index contributed by atoms with van der Waals surface area (Å²) in [4.78, 5) is 28.6. The van der Waals surface area contributed by atoms with E-state index in [2.05, 4.69) is 25.1 Å². The van der Waals surface area contributed by atoms with Crippen molar-refractivity contribution in [2.45, 2.75) is 38.0 Å². The van der Waals surface area contributed by atoms with Gasteiger partial charge in [-0.1, -0.05) is 22.9 Å². The van der Waals surface area contributed by atoms with Crippen molar-refractivity contribution in [2.24, 2.45) is 0 Å². The SMILES string of the molecule is Cc1nc2c(C3(CO)CC3)c(CC(=O)Cc3cnc(-n4nccn4)c(Cl)c3)cnc2s1. The molecule has 0 amide bonds. The molecule has 4 heterocycles. The van der Waals surface area contributed by atoms with Gasteiger partial charge in [-0.25, -0.2) is 15.0 Å². The van der Waals surface area contributed by atoms with E-state index in [9.17, 15) is 9.90 Å². The largest absolute Gasteiger partial charge is 0.395 e. The van der Waals surface area contributed by atoms with Crippen LogP contribution in [-0.2, 0) is 23.1 Å². The fourth-order valence-corrected chi connectivity index (χ4v) is 4.96. The topological polar surface area (TPSA) is 107 Å². The fraction of sp³-hybridized carbons (Fsp3) is 0.333. The maximum absolute atomic E-state index is 12.9. The fourth-order valence-electron chi connectivity index (χ4n) is 3.93. The highest BCUT2D eigenvalue weighted by molar-refractivity contribution is 7.18. The molecular weight excluding hydrogens is 436 g/mol. The van der Waals surface area contributed by atoms with Gasteiger partial charge in [-0.3, -0.25) is 4.79 Å². The molecular formula is C21H19ClN6O2S. The highest BCUT2D eigenvalue weighted by Gasteiger charge is 2.47. The van der Waals surface area contributed by atoms with E-state index in [-0.39, 0.29) is 30.6 Å². The zero-order valence-corrected chi connectivity index (χ0v) is 18.3. The smallest absolute Gasteiger partial charge is 0.193 e. The summed E-state index contributed by atoms with van der Waals surface area (Å²) >= 11 is 7.85. The van der Waals surface area contributed by atoms with Crippen molar-refractivity contribution < 1.29 is 9.90 Å². The van der Waals surface area contributed by atoms with Gasteiger partial charge in [-0.05, 0) is 42.5 Å². The number of halogens is 1. The zero-order valence-electron chi connectivity index (χ0n) is 16.7. The first-order valence-corrected chi connectivity index (χ1v) is 11.1. The Balaban J connectivity index is 1.41. The summed E-state index contributed by atoms with van der Waals surface area (Å²) in [6, 6.07) is 1.72. The average Bonchev–Trinajstić information content (AvgIpc) is 3.14. The number of hydrogen-bond donors (Lipinski definition) is 1. The minimum absolute atomic E-state index is 0.0194. The second-order valence-corrected chi connectivity index (χ2v) is 9.43. The summed E-state index contributed by atoms with van der Waals surface area (Å²) in [6.07, 6.45) is 8.66. The Hall–Kier alpha value is -2.75. The first-order chi connectivity index (χ1) is 15.0. The van der Waals surface area contributed by atoms with Gasteiger partial charge in [0.2, 0.25) is 0 Å². The van der Waals surface area contributed by atoms with Crippen molar-refractivity contribution in [1.29, 1.82) is 0 Å². The summed E-state index contributed by atoms with van der Waals surface area (Å²) in [5, 5.41) is 19.4. The van der Waals surface area contributed by atoms with Crippen LogP contribution in [0.15, 0.2) is 30.9 Å². The predicted octanol–water partition coefficient (Wildman–Crippen LogP) is 3.01. The lowest BCUT2D eigenvalue weighted by Gasteiger charge is -2.17. The van der Waals surface area contributed by atoms with E-state index in [0.717, 1.165) is 39.3 Å². The Labute approximate surface area is 186 Å². The van der Waals surface area contributed by atoms with Crippen molar-refractivity contribution in [1.82, 2.24) is 29.9 Å². The number of carbonyl (C=O) groups is 1. The molecule has 5 rings (SSSR count). The van der Waals surface area contributed by atoms with Crippen molar-refractivity contribution in [3.8, 4) is 5.82 Å². The zero-order chi connectivity index (χ0) is 21.6. The van der Waals surface area contributed by atoms with Gasteiger partial charge in [0.05, 0.1) is 29.0 Å². The van der Waals surface area contributed by atoms with Crippen molar-refractivity contribution in [2.75, 3.05) is 6.61 Å². The molecule has 1 aliphatic carbocycles. The van der Waals surface area contributed by atoms with Crippen LogP contribution in [-0.4, -0.2) is 47.4 Å². The van der Waals surface area contributed by atoms with Crippen LogP contribution < -0.4 is 0 Å². The minimum Gasteiger partial charge on any atom is -0.395 e. The third-order valence-electron chi connectivity index (χ3n) is 5.57. The van der Waals surface area contributed by atoms with E-state index in [0.29, 0.717) is 16.4 Å². The molecule has 158 valence electrons. The van der Waals surface area contributed by atoms with Crippen LogP contribution in [0.3, 0.4) is 0 Å². The number of aliphatic hydroxyl groups is 1. The quantitative estimate of drug-likeness (QED) is 0.457. The Kier molecular flexibility index (Phi) is 5.04. The lowest BCUT2D eigenvalue weighted by Crippen LogP contribution is -2.18. The number of fused-ring (bicyclic) bond motifs is 1. The Morgan fingerprint density at radius 3 is 2.68 bits per heavy atom. The molecule has 0 aromatic carbocycles. The Bertz CT molecular complexity index is 1280. The van der Waals surface area contributed by atoms with Gasteiger partial charge in [0.15, 0.2) is 5.82 Å². The molecule has 1 fully saturated rings. The summed E-state index contributed by atoms with van der Waals surface area (Å²) in [5.74, 6) is 0.434. The second kappa shape index (κ2) is 7.74. The molecule has 8 nitrogen and oxygen atoms in total. The number of hydrogen-bond acceptors (Lipinski definition) is 8. The summed E-state index contributed by atoms with van der Waals surface area (Å²) < 4.78 is 0. The maximum atomic E-state index is 12.9. The lowest BCUT2D eigenvalue weighted by molar-refractivity contribution is -0.117. The molecule has 1 aliphatic rings. The molecule has 0 bridgehead atoms. The van der Waals surface area contributed by atoms with Crippen molar-refractivity contribution in [3.63, 3.8) is 0 Å². The number of nitrogens with zero attached hydrogens (tertiary/aromatic N) is 6. The van der Waals surface area contributed by atoms with Gasteiger partial charge in [0, 0.05) is 30.7 Å². The maximum Gasteiger partial charge on any atom is 0.193 e. The summed E-state index contributed by atoms with van der Waals surface area (Å²) in [5.41, 5.74) is 3.05. The van der Waals surface area contributed by atoms with Gasteiger partial charge in [-0.2, -0.15) is 10.2 Å². The minimum atomic E-state index is -0.305. The number of ketones is 1. The summed E-state index contributed by atoms with van der Waals surface area (Å²) in [7, 11) is 0. The molecule has 10 heteroatoms. The molecule has 1 saturated carbocycles. The summed E-state index contributed by atoms with van der Waals surface area (Å²) in [6.45, 7) is 1.99. The molecule has 31 heavy (non-hydrogen) atoms. The van der Waals surface area contributed by atoms with Gasteiger partial charge in [-0.15, -0.1) is 4.80 Å². The molecule has 0 unspecified atom stereocenters. The molecule has 0 radical (unpaired) electrons. The number of aliphatic hydroxyl groups excluding tert-OH is 1. The highest BCUT2D eigenvalue weighted by atomic mass is 35.5. The Morgan fingerprint density at radius 1 is 1.23 bits per heavy atom. The van der Waals surface area contributed by atoms with E-state index in [1.807, 2.05) is 6.92 Å². The van der Waals surface area contributed by atoms with Crippen LogP contribution in [0.4, 0.5) is 0 Å². The number of thiazole rings is 1. The first kappa shape index (κ1) is 20.2. The van der Waals surface area contributed by atoms with Crippen molar-refractivity contribution >= 4 is 39.1 Å². The lowest BCUT2D eigenvalue weighted by atomic mass is 9.89. The molecule has 0 saturated heterocycles. The molecule has 4 aromatic rings. The van der Waals surface area contributed by atoms with Crippen molar-refractivity contribution in [3.05, 3.63) is 57.6 Å². The van der Waals surface area contributed by atoms with Gasteiger partial charge in [0.25, 0.3) is 0 Å². The highest BCUT2D eigenvalue weighted by Crippen LogP contribution is 2.51. The average molecular weight is 455 g/mol. The predicted molar refractivity (Wildman–Crippen MR) is 117 cm³/mol. The Morgan fingerprint density at radius 2 is 2.00 bits per heavy atom. The van der Waals surface area contributed by atoms with Crippen LogP contribution in [0.5, 0.6) is 0 Å². The number of pyridine rings is 2. The number of carbonyl (C=O) groups excluding carboxylic acids is 1. The first-order valence-electron chi connectivity index (χ1n) is 9.88. The van der Waals surface area contributed by atoms with Gasteiger partial charge >= 0.3 is 0 Å². The van der Waals surface area contributed by atoms with Crippen LogP contribution in [0.2, 0.25) is 5.02 Å². The van der Waals surface area contributed by atoms with E-state index in [4.69, 9.17) is 11.6 Å². The monoisotopic (exact) mass is 454 g/mol. The van der Waals surface area contributed by atoms with Crippen LogP contribution in [0.25, 0.3) is 16.2 Å². The molecule has 0 atom stereocenters. The molecule has 1 N–H and O–H groups in total. The van der Waals surface area contributed by atoms with Gasteiger partial charge in [0.1, 0.15) is 16.1 Å². The molecule has 0 spiro atoms. The van der Waals surface area contributed by atoms with E-state index < -0.39 is 0 Å². The van der Waals surface area contributed by atoms with E-state index >= 15 is 0 Å².